The second kappa shape index (κ2) is 4.91. The van der Waals surface area contributed by atoms with Crippen molar-refractivity contribution in [1.82, 2.24) is 9.78 Å². The molecule has 2 rings (SSSR count). The van der Waals surface area contributed by atoms with Gasteiger partial charge in [0, 0.05) is 30.3 Å². The molecule has 0 aliphatic rings. The molecule has 1 aromatic heterocycles. The topological polar surface area (TPSA) is 87.0 Å². The summed E-state index contributed by atoms with van der Waals surface area (Å²) in [5.41, 5.74) is 6.21. The van der Waals surface area contributed by atoms with Gasteiger partial charge in [-0.15, -0.1) is 12.4 Å². The molecule has 0 aliphatic carbocycles. The van der Waals surface area contributed by atoms with E-state index in [1.165, 1.54) is 12.1 Å². The lowest BCUT2D eigenvalue weighted by molar-refractivity contribution is -0.384. The van der Waals surface area contributed by atoms with Crippen LogP contribution in [-0.2, 0) is 6.54 Å². The maximum absolute atomic E-state index is 10.5. The van der Waals surface area contributed by atoms with Gasteiger partial charge in [-0.05, 0) is 6.07 Å². The lowest BCUT2D eigenvalue weighted by Gasteiger charge is -1.93. The molecule has 2 N–H and O–H groups in total. The number of hydrogen-bond acceptors (Lipinski definition) is 4. The van der Waals surface area contributed by atoms with Crippen LogP contribution in [-0.4, -0.2) is 21.2 Å². The summed E-state index contributed by atoms with van der Waals surface area (Å²) in [6, 6.07) is 4.60. The highest BCUT2D eigenvalue weighted by Gasteiger charge is 2.08. The number of nitro benzene ring substituents is 1. The molecule has 0 fully saturated rings. The van der Waals surface area contributed by atoms with Crippen molar-refractivity contribution in [3.63, 3.8) is 0 Å². The Kier molecular flexibility index (Phi) is 3.81. The molecular formula is C9H11ClN4O2. The van der Waals surface area contributed by atoms with Crippen molar-refractivity contribution in [1.29, 1.82) is 0 Å². The van der Waals surface area contributed by atoms with Crippen LogP contribution >= 0.6 is 12.4 Å². The van der Waals surface area contributed by atoms with Gasteiger partial charge in [-0.3, -0.25) is 14.8 Å². The molecular weight excluding hydrogens is 232 g/mol. The number of halogens is 1. The van der Waals surface area contributed by atoms with Crippen LogP contribution < -0.4 is 5.73 Å². The normalized spacial score (nSPS) is 10.1. The first kappa shape index (κ1) is 12.4. The van der Waals surface area contributed by atoms with Crippen molar-refractivity contribution < 1.29 is 4.92 Å². The first-order valence-electron chi connectivity index (χ1n) is 4.52. The second-order valence-corrected chi connectivity index (χ2v) is 3.18. The van der Waals surface area contributed by atoms with E-state index in [4.69, 9.17) is 5.73 Å². The van der Waals surface area contributed by atoms with Gasteiger partial charge < -0.3 is 5.73 Å². The number of fused-ring (bicyclic) bond motifs is 1. The monoisotopic (exact) mass is 242 g/mol. The van der Waals surface area contributed by atoms with Crippen molar-refractivity contribution in [2.75, 3.05) is 6.54 Å². The maximum atomic E-state index is 10.5. The van der Waals surface area contributed by atoms with E-state index < -0.39 is 4.92 Å². The fraction of sp³-hybridized carbons (Fsp3) is 0.222. The van der Waals surface area contributed by atoms with E-state index in [0.717, 1.165) is 10.9 Å². The van der Waals surface area contributed by atoms with Crippen molar-refractivity contribution in [3.8, 4) is 0 Å². The second-order valence-electron chi connectivity index (χ2n) is 3.18. The predicted octanol–water partition coefficient (Wildman–Crippen LogP) is 1.33. The largest absolute Gasteiger partial charge is 0.329 e. The molecule has 1 heterocycles. The van der Waals surface area contributed by atoms with Crippen LogP contribution in [0.25, 0.3) is 10.9 Å². The van der Waals surface area contributed by atoms with E-state index >= 15 is 0 Å². The van der Waals surface area contributed by atoms with E-state index in [1.54, 1.807) is 16.9 Å². The smallest absolute Gasteiger partial charge is 0.270 e. The highest BCUT2D eigenvalue weighted by Crippen LogP contribution is 2.19. The minimum absolute atomic E-state index is 0. The number of benzene rings is 1. The number of non-ortho nitro benzene ring substituents is 1. The fourth-order valence-electron chi connectivity index (χ4n) is 1.42. The van der Waals surface area contributed by atoms with Crippen LogP contribution in [0.3, 0.4) is 0 Å². The van der Waals surface area contributed by atoms with Crippen LogP contribution in [0.15, 0.2) is 24.4 Å². The van der Waals surface area contributed by atoms with Gasteiger partial charge in [0.2, 0.25) is 0 Å². The van der Waals surface area contributed by atoms with Crippen molar-refractivity contribution in [3.05, 3.63) is 34.5 Å². The Balaban J connectivity index is 0.00000128. The summed E-state index contributed by atoms with van der Waals surface area (Å²) in [7, 11) is 0. The van der Waals surface area contributed by atoms with Crippen molar-refractivity contribution in [2.24, 2.45) is 5.73 Å². The molecule has 2 aromatic rings. The minimum Gasteiger partial charge on any atom is -0.329 e. The van der Waals surface area contributed by atoms with Gasteiger partial charge in [0.25, 0.3) is 5.69 Å². The minimum atomic E-state index is -0.417. The summed E-state index contributed by atoms with van der Waals surface area (Å²) in [6.45, 7) is 1.11. The third-order valence-corrected chi connectivity index (χ3v) is 2.10. The fourth-order valence-corrected chi connectivity index (χ4v) is 1.42. The van der Waals surface area contributed by atoms with Crippen molar-refractivity contribution in [2.45, 2.75) is 6.54 Å². The molecule has 0 radical (unpaired) electrons. The van der Waals surface area contributed by atoms with E-state index in [0.29, 0.717) is 13.1 Å². The molecule has 0 saturated carbocycles. The average molecular weight is 243 g/mol. The Bertz CT molecular complexity index is 511. The van der Waals surface area contributed by atoms with Gasteiger partial charge in [-0.2, -0.15) is 5.10 Å². The van der Waals surface area contributed by atoms with Crippen LogP contribution in [0.5, 0.6) is 0 Å². The number of nitrogens with zero attached hydrogens (tertiary/aromatic N) is 3. The standard InChI is InChI=1S/C9H10N4O2.ClH/c10-3-4-12-6-7-5-8(13(14)15)1-2-9(7)11-12;/h1-2,5-6H,3-4,10H2;1H. The Morgan fingerprint density at radius 2 is 2.25 bits per heavy atom. The molecule has 86 valence electrons. The summed E-state index contributed by atoms with van der Waals surface area (Å²) in [6.07, 6.45) is 1.76. The van der Waals surface area contributed by atoms with Gasteiger partial charge in [-0.25, -0.2) is 0 Å². The molecule has 16 heavy (non-hydrogen) atoms. The zero-order valence-corrected chi connectivity index (χ0v) is 9.18. The Labute approximate surface area is 97.6 Å². The molecule has 0 spiro atoms. The Morgan fingerprint density at radius 3 is 2.88 bits per heavy atom. The zero-order chi connectivity index (χ0) is 10.8. The number of nitro groups is 1. The zero-order valence-electron chi connectivity index (χ0n) is 8.37. The molecule has 0 aliphatic heterocycles. The van der Waals surface area contributed by atoms with Gasteiger partial charge in [-0.1, -0.05) is 0 Å². The highest BCUT2D eigenvalue weighted by atomic mass is 35.5. The van der Waals surface area contributed by atoms with E-state index in [9.17, 15) is 10.1 Å². The lowest BCUT2D eigenvalue weighted by Crippen LogP contribution is -2.09. The summed E-state index contributed by atoms with van der Waals surface area (Å²) in [4.78, 5) is 10.1. The maximum Gasteiger partial charge on any atom is 0.270 e. The molecule has 0 amide bonds. The van der Waals surface area contributed by atoms with Gasteiger partial charge in [0.15, 0.2) is 0 Å². The highest BCUT2D eigenvalue weighted by molar-refractivity contribution is 5.85. The first-order chi connectivity index (χ1) is 7.20. The SMILES string of the molecule is Cl.NCCn1cc2cc([N+](=O)[O-])ccc2n1. The van der Waals surface area contributed by atoms with Crippen molar-refractivity contribution >= 4 is 29.0 Å². The first-order valence-corrected chi connectivity index (χ1v) is 4.52. The van der Waals surface area contributed by atoms with Crippen LogP contribution in [0.4, 0.5) is 5.69 Å². The van der Waals surface area contributed by atoms with E-state index in [1.807, 2.05) is 0 Å². The van der Waals surface area contributed by atoms with E-state index in [2.05, 4.69) is 5.10 Å². The third-order valence-electron chi connectivity index (χ3n) is 2.10. The summed E-state index contributed by atoms with van der Waals surface area (Å²) in [5.74, 6) is 0. The molecule has 7 heteroatoms. The van der Waals surface area contributed by atoms with E-state index in [-0.39, 0.29) is 18.1 Å². The summed E-state index contributed by atoms with van der Waals surface area (Å²) >= 11 is 0. The summed E-state index contributed by atoms with van der Waals surface area (Å²) < 4.78 is 1.69. The Morgan fingerprint density at radius 1 is 1.50 bits per heavy atom. The van der Waals surface area contributed by atoms with Crippen LogP contribution in [0.1, 0.15) is 0 Å². The molecule has 6 nitrogen and oxygen atoms in total. The average Bonchev–Trinajstić information content (AvgIpc) is 2.59. The summed E-state index contributed by atoms with van der Waals surface area (Å²) in [5, 5.41) is 15.5. The van der Waals surface area contributed by atoms with Gasteiger partial charge in [0.05, 0.1) is 17.0 Å². The number of rotatable bonds is 3. The molecule has 1 aromatic carbocycles. The van der Waals surface area contributed by atoms with Crippen LogP contribution in [0.2, 0.25) is 0 Å². The quantitative estimate of drug-likeness (QED) is 0.650. The van der Waals surface area contributed by atoms with Crippen LogP contribution in [0, 0.1) is 10.1 Å². The molecule has 0 saturated heterocycles. The lowest BCUT2D eigenvalue weighted by atomic mass is 10.2. The molecule has 0 unspecified atom stereocenters. The number of hydrogen-bond donors (Lipinski definition) is 1. The molecule has 0 bridgehead atoms. The third kappa shape index (κ3) is 2.29. The Hall–Kier alpha value is -1.66. The van der Waals surface area contributed by atoms with Gasteiger partial charge in [0.1, 0.15) is 0 Å². The van der Waals surface area contributed by atoms with Gasteiger partial charge >= 0.3 is 0 Å². The number of nitrogens with two attached hydrogens (primary N) is 1. The predicted molar refractivity (Wildman–Crippen MR) is 62.7 cm³/mol. The number of aromatic nitrogens is 2. The molecule has 0 atom stereocenters.